The summed E-state index contributed by atoms with van der Waals surface area (Å²) in [5, 5.41) is 3.53. The zero-order valence-electron chi connectivity index (χ0n) is 24.6. The first kappa shape index (κ1) is 32.2. The van der Waals surface area contributed by atoms with Crippen LogP contribution >= 0.6 is 11.6 Å². The minimum Gasteiger partial charge on any atom is -0.350 e. The van der Waals surface area contributed by atoms with Crippen molar-refractivity contribution < 1.29 is 18.0 Å². The SMILES string of the molecule is CCc1ccccc1N(CC(=O)N(Cc1ccc(Cl)cc1)C(CC)C(=O)NC(C)(C)C)S(=O)(=O)c1ccc(C)cc1. The van der Waals surface area contributed by atoms with Gasteiger partial charge < -0.3 is 10.2 Å². The third kappa shape index (κ3) is 8.33. The molecule has 220 valence electrons. The van der Waals surface area contributed by atoms with E-state index in [4.69, 9.17) is 11.6 Å². The predicted octanol–water partition coefficient (Wildman–Crippen LogP) is 6.13. The van der Waals surface area contributed by atoms with E-state index in [1.165, 1.54) is 9.21 Å². The van der Waals surface area contributed by atoms with Crippen molar-refractivity contribution in [2.45, 2.75) is 77.4 Å². The summed E-state index contributed by atoms with van der Waals surface area (Å²) in [6.45, 7) is 10.9. The van der Waals surface area contributed by atoms with Gasteiger partial charge >= 0.3 is 0 Å². The smallest absolute Gasteiger partial charge is 0.264 e. The van der Waals surface area contributed by atoms with Gasteiger partial charge in [-0.1, -0.05) is 73.5 Å². The van der Waals surface area contributed by atoms with Gasteiger partial charge in [0.05, 0.1) is 10.6 Å². The van der Waals surface area contributed by atoms with Crippen LogP contribution in [0.15, 0.2) is 77.7 Å². The van der Waals surface area contributed by atoms with Crippen molar-refractivity contribution in [1.82, 2.24) is 10.2 Å². The lowest BCUT2D eigenvalue weighted by Gasteiger charge is -2.35. The van der Waals surface area contributed by atoms with Crippen LogP contribution in [0.3, 0.4) is 0 Å². The van der Waals surface area contributed by atoms with Gasteiger partial charge in [0.2, 0.25) is 11.8 Å². The number of rotatable bonds is 11. The summed E-state index contributed by atoms with van der Waals surface area (Å²) in [7, 11) is -4.12. The van der Waals surface area contributed by atoms with Crippen molar-refractivity contribution in [3.63, 3.8) is 0 Å². The summed E-state index contributed by atoms with van der Waals surface area (Å²) >= 11 is 6.09. The van der Waals surface area contributed by atoms with Crippen LogP contribution < -0.4 is 9.62 Å². The van der Waals surface area contributed by atoms with Crippen molar-refractivity contribution >= 4 is 39.1 Å². The first-order valence-electron chi connectivity index (χ1n) is 13.8. The third-order valence-electron chi connectivity index (χ3n) is 6.68. The third-order valence-corrected chi connectivity index (χ3v) is 8.71. The topological polar surface area (TPSA) is 86.8 Å². The van der Waals surface area contributed by atoms with Crippen molar-refractivity contribution in [3.05, 3.63) is 94.5 Å². The van der Waals surface area contributed by atoms with Crippen molar-refractivity contribution in [2.24, 2.45) is 0 Å². The van der Waals surface area contributed by atoms with E-state index in [-0.39, 0.29) is 17.3 Å². The molecule has 3 rings (SSSR count). The van der Waals surface area contributed by atoms with Crippen molar-refractivity contribution in [3.8, 4) is 0 Å². The highest BCUT2D eigenvalue weighted by Crippen LogP contribution is 2.28. The normalized spacial score (nSPS) is 12.5. The summed E-state index contributed by atoms with van der Waals surface area (Å²) < 4.78 is 29.3. The lowest BCUT2D eigenvalue weighted by atomic mass is 10.1. The molecule has 0 heterocycles. The standard InChI is InChI=1S/C32H40ClN3O4S/c1-7-25-11-9-10-12-29(25)36(41(39,40)27-19-13-23(3)14-20-27)22-30(37)35(21-24-15-17-26(33)18-16-24)28(8-2)31(38)34-32(4,5)6/h9-20,28H,7-8,21-22H2,1-6H3,(H,34,38). The lowest BCUT2D eigenvalue weighted by molar-refractivity contribution is -0.141. The molecule has 7 nitrogen and oxygen atoms in total. The van der Waals surface area contributed by atoms with Gasteiger partial charge in [0, 0.05) is 17.1 Å². The molecule has 1 unspecified atom stereocenters. The minimum atomic E-state index is -4.12. The number of carbonyl (C=O) groups is 2. The molecule has 9 heteroatoms. The van der Waals surface area contributed by atoms with E-state index in [9.17, 15) is 18.0 Å². The molecule has 1 N–H and O–H groups in total. The number of halogens is 1. The number of aryl methyl sites for hydroxylation is 2. The first-order valence-corrected chi connectivity index (χ1v) is 15.6. The maximum atomic E-state index is 14.2. The molecule has 0 aliphatic carbocycles. The average Bonchev–Trinajstić information content (AvgIpc) is 2.91. The van der Waals surface area contributed by atoms with E-state index in [0.717, 1.165) is 16.7 Å². The molecule has 1 atom stereocenters. The van der Waals surface area contributed by atoms with Crippen molar-refractivity contribution in [2.75, 3.05) is 10.8 Å². The molecular formula is C32H40ClN3O4S. The molecule has 0 spiro atoms. The van der Waals surface area contributed by atoms with E-state index >= 15 is 0 Å². The largest absolute Gasteiger partial charge is 0.350 e. The van der Waals surface area contributed by atoms with Crippen LogP contribution in [0.4, 0.5) is 5.69 Å². The van der Waals surface area contributed by atoms with E-state index in [1.54, 1.807) is 60.7 Å². The lowest BCUT2D eigenvalue weighted by Crippen LogP contribution is -2.55. The molecule has 3 aromatic rings. The van der Waals surface area contributed by atoms with Crippen LogP contribution in [0.25, 0.3) is 0 Å². The number of anilines is 1. The van der Waals surface area contributed by atoms with Crippen LogP contribution in [-0.2, 0) is 32.6 Å². The van der Waals surface area contributed by atoms with Crippen LogP contribution in [-0.4, -0.2) is 43.3 Å². The zero-order valence-corrected chi connectivity index (χ0v) is 26.2. The summed E-state index contributed by atoms with van der Waals surface area (Å²) in [6.07, 6.45) is 0.918. The zero-order chi connectivity index (χ0) is 30.4. The Morgan fingerprint density at radius 1 is 0.927 bits per heavy atom. The Morgan fingerprint density at radius 3 is 2.10 bits per heavy atom. The van der Waals surface area contributed by atoms with Gasteiger partial charge in [-0.05, 0) is 82.0 Å². The number of hydrogen-bond acceptors (Lipinski definition) is 4. The summed E-state index contributed by atoms with van der Waals surface area (Å²) in [5.74, 6) is -0.790. The number of sulfonamides is 1. The number of nitrogens with one attached hydrogen (secondary N) is 1. The Labute approximate surface area is 249 Å². The van der Waals surface area contributed by atoms with Gasteiger partial charge in [0.25, 0.3) is 10.0 Å². The number of nitrogens with zero attached hydrogens (tertiary/aromatic N) is 2. The van der Waals surface area contributed by atoms with E-state index in [2.05, 4.69) is 5.32 Å². The molecular weight excluding hydrogens is 558 g/mol. The fourth-order valence-electron chi connectivity index (χ4n) is 4.56. The Hall–Kier alpha value is -3.36. The Morgan fingerprint density at radius 2 is 1.54 bits per heavy atom. The Balaban J connectivity index is 2.10. The van der Waals surface area contributed by atoms with Gasteiger partial charge in [-0.15, -0.1) is 0 Å². The molecule has 0 saturated carbocycles. The molecule has 41 heavy (non-hydrogen) atoms. The summed E-state index contributed by atoms with van der Waals surface area (Å²) in [5.41, 5.74) is 2.40. The maximum absolute atomic E-state index is 14.2. The molecule has 2 amide bonds. The van der Waals surface area contributed by atoms with Crippen molar-refractivity contribution in [1.29, 1.82) is 0 Å². The van der Waals surface area contributed by atoms with Gasteiger partial charge in [0.15, 0.2) is 0 Å². The fraction of sp³-hybridized carbons (Fsp3) is 0.375. The number of benzene rings is 3. The highest BCUT2D eigenvalue weighted by molar-refractivity contribution is 7.92. The Kier molecular flexibility index (Phi) is 10.6. The summed E-state index contributed by atoms with van der Waals surface area (Å²) in [6, 6.07) is 20.0. The minimum absolute atomic E-state index is 0.0866. The molecule has 0 aromatic heterocycles. The Bertz CT molecular complexity index is 1450. The summed E-state index contributed by atoms with van der Waals surface area (Å²) in [4.78, 5) is 29.2. The second-order valence-electron chi connectivity index (χ2n) is 11.1. The second kappa shape index (κ2) is 13.5. The highest BCUT2D eigenvalue weighted by atomic mass is 35.5. The molecule has 0 aliphatic rings. The van der Waals surface area contributed by atoms with Crippen LogP contribution in [0.5, 0.6) is 0 Å². The van der Waals surface area contributed by atoms with Crippen LogP contribution in [0.2, 0.25) is 5.02 Å². The molecule has 0 bridgehead atoms. The number of para-hydroxylation sites is 1. The predicted molar refractivity (Wildman–Crippen MR) is 166 cm³/mol. The molecule has 3 aromatic carbocycles. The van der Waals surface area contributed by atoms with Gasteiger partial charge in [-0.3, -0.25) is 13.9 Å². The fourth-order valence-corrected chi connectivity index (χ4v) is 6.14. The quantitative estimate of drug-likeness (QED) is 0.288. The molecule has 0 saturated heterocycles. The first-order chi connectivity index (χ1) is 19.3. The van der Waals surface area contributed by atoms with E-state index < -0.39 is 34.1 Å². The van der Waals surface area contributed by atoms with Crippen LogP contribution in [0, 0.1) is 6.92 Å². The number of hydrogen-bond donors (Lipinski definition) is 1. The number of amides is 2. The number of carbonyl (C=O) groups excluding carboxylic acids is 2. The molecule has 0 fully saturated rings. The van der Waals surface area contributed by atoms with Crippen LogP contribution in [0.1, 0.15) is 57.7 Å². The molecule has 0 radical (unpaired) electrons. The van der Waals surface area contributed by atoms with Gasteiger partial charge in [-0.2, -0.15) is 0 Å². The molecule has 0 aliphatic heterocycles. The monoisotopic (exact) mass is 597 g/mol. The van der Waals surface area contributed by atoms with E-state index in [1.807, 2.05) is 53.7 Å². The highest BCUT2D eigenvalue weighted by Gasteiger charge is 2.35. The maximum Gasteiger partial charge on any atom is 0.264 e. The second-order valence-corrected chi connectivity index (χ2v) is 13.4. The van der Waals surface area contributed by atoms with Gasteiger partial charge in [-0.25, -0.2) is 8.42 Å². The average molecular weight is 598 g/mol. The van der Waals surface area contributed by atoms with E-state index in [0.29, 0.717) is 23.6 Å². The van der Waals surface area contributed by atoms with Gasteiger partial charge in [0.1, 0.15) is 12.6 Å².